The molecule has 1 unspecified atom stereocenters. The lowest BCUT2D eigenvalue weighted by Crippen LogP contribution is -2.45. The average molecular weight is 577 g/mol. The number of thiocarbonyl (C=S) groups is 1. The van der Waals surface area contributed by atoms with Crippen molar-refractivity contribution in [1.29, 1.82) is 0 Å². The molecule has 2 aromatic carbocycles. The van der Waals surface area contributed by atoms with Gasteiger partial charge in [-0.25, -0.2) is 0 Å². The van der Waals surface area contributed by atoms with Crippen LogP contribution in [0, 0.1) is 5.92 Å². The average Bonchev–Trinajstić information content (AvgIpc) is 3.41. The van der Waals surface area contributed by atoms with Gasteiger partial charge in [0.25, 0.3) is 0 Å². The molecule has 4 heterocycles. The summed E-state index contributed by atoms with van der Waals surface area (Å²) in [7, 11) is 0. The molecule has 2 fully saturated rings. The van der Waals surface area contributed by atoms with Crippen LogP contribution >= 0.6 is 23.8 Å². The molecular formula is C31H37ClN6OS. The number of nitrogens with one attached hydrogen (secondary N) is 2. The summed E-state index contributed by atoms with van der Waals surface area (Å²) in [5.74, 6) is 3.05. The molecule has 3 aliphatic rings. The Kier molecular flexibility index (Phi) is 8.10. The molecule has 9 heteroatoms. The van der Waals surface area contributed by atoms with E-state index in [-0.39, 0.29) is 5.41 Å². The first-order chi connectivity index (χ1) is 19.5. The number of piperidine rings is 1. The maximum atomic E-state index is 6.37. The van der Waals surface area contributed by atoms with Crippen molar-refractivity contribution in [3.63, 3.8) is 0 Å². The van der Waals surface area contributed by atoms with Crippen LogP contribution in [0.5, 0.6) is 0 Å². The maximum absolute atomic E-state index is 6.37. The van der Waals surface area contributed by atoms with Crippen molar-refractivity contribution in [2.24, 2.45) is 5.92 Å². The van der Waals surface area contributed by atoms with Crippen molar-refractivity contribution in [2.45, 2.75) is 51.1 Å². The first-order valence-electron chi connectivity index (χ1n) is 14.3. The quantitative estimate of drug-likeness (QED) is 0.351. The summed E-state index contributed by atoms with van der Waals surface area (Å²) in [6.07, 6.45) is 4.24. The molecule has 0 saturated carbocycles. The van der Waals surface area contributed by atoms with Gasteiger partial charge in [0.2, 0.25) is 5.95 Å². The van der Waals surface area contributed by atoms with E-state index in [0.717, 1.165) is 68.9 Å². The molecule has 3 aliphatic heterocycles. The van der Waals surface area contributed by atoms with Crippen molar-refractivity contribution in [3.05, 3.63) is 76.3 Å². The van der Waals surface area contributed by atoms with Crippen molar-refractivity contribution < 1.29 is 4.74 Å². The molecule has 0 bridgehead atoms. The summed E-state index contributed by atoms with van der Waals surface area (Å²) in [6.45, 7) is 8.13. The van der Waals surface area contributed by atoms with Gasteiger partial charge >= 0.3 is 0 Å². The minimum atomic E-state index is -0.103. The van der Waals surface area contributed by atoms with Crippen molar-refractivity contribution in [2.75, 3.05) is 48.0 Å². The van der Waals surface area contributed by atoms with E-state index in [9.17, 15) is 0 Å². The Balaban J connectivity index is 1.21. The number of ether oxygens (including phenoxy) is 1. The summed E-state index contributed by atoms with van der Waals surface area (Å²) in [5.41, 5.74) is 3.81. The third-order valence-corrected chi connectivity index (χ3v) is 9.03. The molecule has 1 atom stereocenters. The van der Waals surface area contributed by atoms with Gasteiger partial charge in [0, 0.05) is 62.4 Å². The van der Waals surface area contributed by atoms with E-state index in [1.54, 1.807) is 0 Å². The molecule has 210 valence electrons. The SMILES string of the molecule is CC1CCCN(c2cc(N3Cc4ccccc4C3)nc(NC(=S)NCC3(c4cccc(Cl)c4)CCOCC3)n2)C1. The Morgan fingerprint density at radius 2 is 1.75 bits per heavy atom. The monoisotopic (exact) mass is 576 g/mol. The Morgan fingerprint density at radius 3 is 2.45 bits per heavy atom. The van der Waals surface area contributed by atoms with Crippen LogP contribution in [-0.4, -0.2) is 47.9 Å². The van der Waals surface area contributed by atoms with Crippen LogP contribution in [0.2, 0.25) is 5.02 Å². The van der Waals surface area contributed by atoms with Crippen LogP contribution in [0.15, 0.2) is 54.6 Å². The molecule has 0 aliphatic carbocycles. The van der Waals surface area contributed by atoms with Crippen LogP contribution in [0.4, 0.5) is 17.6 Å². The summed E-state index contributed by atoms with van der Waals surface area (Å²) in [6, 6.07) is 18.9. The van der Waals surface area contributed by atoms with Crippen LogP contribution < -0.4 is 20.4 Å². The summed E-state index contributed by atoms with van der Waals surface area (Å²) >= 11 is 12.2. The fraction of sp³-hybridized carbons (Fsp3) is 0.452. The van der Waals surface area contributed by atoms with E-state index in [0.29, 0.717) is 23.5 Å². The molecular weight excluding hydrogens is 540 g/mol. The van der Waals surface area contributed by atoms with Gasteiger partial charge in [0.1, 0.15) is 11.6 Å². The summed E-state index contributed by atoms with van der Waals surface area (Å²) < 4.78 is 5.70. The van der Waals surface area contributed by atoms with Crippen molar-refractivity contribution in [1.82, 2.24) is 15.3 Å². The largest absolute Gasteiger partial charge is 0.381 e. The molecule has 40 heavy (non-hydrogen) atoms. The normalized spacial score (nSPS) is 20.2. The van der Waals surface area contributed by atoms with Crippen molar-refractivity contribution in [3.8, 4) is 0 Å². The number of rotatable bonds is 6. The molecule has 3 aromatic rings. The number of nitrogens with zero attached hydrogens (tertiary/aromatic N) is 4. The Labute approximate surface area is 247 Å². The van der Waals surface area contributed by atoms with Crippen LogP contribution in [0.1, 0.15) is 49.3 Å². The predicted molar refractivity (Wildman–Crippen MR) is 166 cm³/mol. The van der Waals surface area contributed by atoms with Gasteiger partial charge in [0.15, 0.2) is 5.11 Å². The van der Waals surface area contributed by atoms with Crippen LogP contribution in [0.25, 0.3) is 0 Å². The van der Waals surface area contributed by atoms with E-state index < -0.39 is 0 Å². The second-order valence-corrected chi connectivity index (χ2v) is 12.3. The highest BCUT2D eigenvalue weighted by Gasteiger charge is 2.35. The fourth-order valence-electron chi connectivity index (χ4n) is 6.24. The lowest BCUT2D eigenvalue weighted by Gasteiger charge is -2.38. The Bertz CT molecular complexity index is 1340. The number of hydrogen-bond donors (Lipinski definition) is 2. The van der Waals surface area contributed by atoms with E-state index in [1.165, 1.54) is 29.5 Å². The zero-order chi connectivity index (χ0) is 27.5. The molecule has 7 nitrogen and oxygen atoms in total. The van der Waals surface area contributed by atoms with Gasteiger partial charge in [-0.05, 0) is 72.6 Å². The standard InChI is InChI=1S/C31H37ClN6OS/c1-22-6-5-13-37(18-22)27-17-28(38-19-23-7-2-3-8-24(23)20-38)35-29(34-27)36-30(40)33-21-31(11-14-39-15-12-31)25-9-4-10-26(32)16-25/h2-4,7-10,16-17,22H,5-6,11-15,18-21H2,1H3,(H2,33,34,35,36,40). The maximum Gasteiger partial charge on any atom is 0.232 e. The lowest BCUT2D eigenvalue weighted by molar-refractivity contribution is 0.0515. The Hall–Kier alpha value is -2.94. The second kappa shape index (κ2) is 11.9. The number of anilines is 3. The highest BCUT2D eigenvalue weighted by Crippen LogP contribution is 2.36. The molecule has 0 spiro atoms. The molecule has 2 saturated heterocycles. The van der Waals surface area contributed by atoms with Gasteiger partial charge in [-0.2, -0.15) is 9.97 Å². The van der Waals surface area contributed by atoms with E-state index >= 15 is 0 Å². The number of hydrogen-bond acceptors (Lipinski definition) is 6. The van der Waals surface area contributed by atoms with Gasteiger partial charge < -0.3 is 25.2 Å². The first-order valence-corrected chi connectivity index (χ1v) is 15.1. The van der Waals surface area contributed by atoms with E-state index in [1.807, 2.05) is 12.1 Å². The van der Waals surface area contributed by atoms with Crippen LogP contribution in [-0.2, 0) is 23.2 Å². The zero-order valence-corrected chi connectivity index (χ0v) is 24.6. The number of benzene rings is 2. The van der Waals surface area contributed by atoms with Crippen LogP contribution in [0.3, 0.4) is 0 Å². The molecule has 0 radical (unpaired) electrons. The van der Waals surface area contributed by atoms with Gasteiger partial charge in [0.05, 0.1) is 0 Å². The van der Waals surface area contributed by atoms with E-state index in [2.05, 4.69) is 69.8 Å². The van der Waals surface area contributed by atoms with Gasteiger partial charge in [-0.15, -0.1) is 0 Å². The van der Waals surface area contributed by atoms with E-state index in [4.69, 9.17) is 38.5 Å². The minimum absolute atomic E-state index is 0.103. The molecule has 2 N–H and O–H groups in total. The number of fused-ring (bicyclic) bond motifs is 1. The fourth-order valence-corrected chi connectivity index (χ4v) is 6.59. The summed E-state index contributed by atoms with van der Waals surface area (Å²) in [4.78, 5) is 14.6. The number of aromatic nitrogens is 2. The first kappa shape index (κ1) is 27.2. The zero-order valence-electron chi connectivity index (χ0n) is 23.0. The van der Waals surface area contributed by atoms with Gasteiger partial charge in [-0.3, -0.25) is 0 Å². The summed E-state index contributed by atoms with van der Waals surface area (Å²) in [5, 5.41) is 8.08. The number of halogens is 1. The molecule has 6 rings (SSSR count). The molecule has 1 aromatic heterocycles. The molecule has 0 amide bonds. The lowest BCUT2D eigenvalue weighted by atomic mass is 9.74. The minimum Gasteiger partial charge on any atom is -0.381 e. The Morgan fingerprint density at radius 1 is 1.02 bits per heavy atom. The van der Waals surface area contributed by atoms with Gasteiger partial charge in [-0.1, -0.05) is 54.9 Å². The smallest absolute Gasteiger partial charge is 0.232 e. The van der Waals surface area contributed by atoms with Crippen molar-refractivity contribution >= 4 is 46.5 Å². The third kappa shape index (κ3) is 6.04. The third-order valence-electron chi connectivity index (χ3n) is 8.54. The predicted octanol–water partition coefficient (Wildman–Crippen LogP) is 5.92. The highest BCUT2D eigenvalue weighted by atomic mass is 35.5. The topological polar surface area (TPSA) is 65.5 Å². The highest BCUT2D eigenvalue weighted by molar-refractivity contribution is 7.80. The second-order valence-electron chi connectivity index (χ2n) is 11.4.